The fourth-order valence-electron chi connectivity index (χ4n) is 3.50. The summed E-state index contributed by atoms with van der Waals surface area (Å²) in [7, 11) is 0. The van der Waals surface area contributed by atoms with E-state index in [9.17, 15) is 18.8 Å². The second-order valence-corrected chi connectivity index (χ2v) is 7.78. The first kappa shape index (κ1) is 20.0. The molecule has 0 aliphatic heterocycles. The van der Waals surface area contributed by atoms with Crippen LogP contribution in [-0.4, -0.2) is 23.9 Å². The molecule has 0 spiro atoms. The standard InChI is InChI=1S/C20H21FN2O4S/c1-12(17(25)23-18-15(16(22)24)8-11-28-18)27-19(26)20(9-2-3-10-20)13-4-6-14(21)7-5-13/h4-8,11-12H,2-3,9-10H2,1H3,(H2,22,24)(H,23,25)/t12-/m0/s1. The van der Waals surface area contributed by atoms with Crippen LogP contribution in [0.3, 0.4) is 0 Å². The molecule has 1 saturated carbocycles. The van der Waals surface area contributed by atoms with Gasteiger partial charge in [-0.25, -0.2) is 4.39 Å². The zero-order valence-electron chi connectivity index (χ0n) is 15.4. The number of carbonyl (C=O) groups is 3. The Bertz CT molecular complexity index is 888. The van der Waals surface area contributed by atoms with Gasteiger partial charge in [0.1, 0.15) is 10.8 Å². The molecule has 1 heterocycles. The first-order chi connectivity index (χ1) is 13.3. The van der Waals surface area contributed by atoms with Crippen molar-refractivity contribution in [2.75, 3.05) is 5.32 Å². The summed E-state index contributed by atoms with van der Waals surface area (Å²) in [5, 5.41) is 4.53. The minimum atomic E-state index is -1.06. The van der Waals surface area contributed by atoms with Crippen molar-refractivity contribution in [3.05, 3.63) is 52.7 Å². The predicted molar refractivity (Wildman–Crippen MR) is 104 cm³/mol. The van der Waals surface area contributed by atoms with Gasteiger partial charge in [0.25, 0.3) is 11.8 Å². The molecule has 0 unspecified atom stereocenters. The Morgan fingerprint density at radius 1 is 1.18 bits per heavy atom. The highest BCUT2D eigenvalue weighted by Crippen LogP contribution is 2.42. The van der Waals surface area contributed by atoms with Crippen LogP contribution in [0, 0.1) is 5.82 Å². The monoisotopic (exact) mass is 404 g/mol. The smallest absolute Gasteiger partial charge is 0.317 e. The van der Waals surface area contributed by atoms with Crippen LogP contribution < -0.4 is 11.1 Å². The van der Waals surface area contributed by atoms with Crippen LogP contribution in [0.4, 0.5) is 9.39 Å². The number of anilines is 1. The third-order valence-corrected chi connectivity index (χ3v) is 5.89. The number of nitrogens with two attached hydrogens (primary N) is 1. The molecule has 0 saturated heterocycles. The first-order valence-electron chi connectivity index (χ1n) is 8.99. The third kappa shape index (κ3) is 3.91. The summed E-state index contributed by atoms with van der Waals surface area (Å²) in [6.07, 6.45) is 1.81. The van der Waals surface area contributed by atoms with Crippen LogP contribution in [0.2, 0.25) is 0 Å². The van der Waals surface area contributed by atoms with Gasteiger partial charge in [0, 0.05) is 0 Å². The summed E-state index contributed by atoms with van der Waals surface area (Å²) in [6, 6.07) is 7.35. The minimum absolute atomic E-state index is 0.204. The van der Waals surface area contributed by atoms with Crippen LogP contribution >= 0.6 is 11.3 Å². The van der Waals surface area contributed by atoms with E-state index in [1.54, 1.807) is 17.5 Å². The Balaban J connectivity index is 1.73. The normalized spacial score (nSPS) is 16.4. The van der Waals surface area contributed by atoms with Gasteiger partial charge in [0.15, 0.2) is 6.10 Å². The first-order valence-corrected chi connectivity index (χ1v) is 9.87. The van der Waals surface area contributed by atoms with Crippen molar-refractivity contribution in [3.8, 4) is 0 Å². The van der Waals surface area contributed by atoms with Gasteiger partial charge in [0.05, 0.1) is 11.0 Å². The number of halogens is 1. The number of ether oxygens (including phenoxy) is 1. The topological polar surface area (TPSA) is 98.5 Å². The molecule has 1 atom stereocenters. The predicted octanol–water partition coefficient (Wildman–Crippen LogP) is 3.37. The van der Waals surface area contributed by atoms with Crippen molar-refractivity contribution < 1.29 is 23.5 Å². The van der Waals surface area contributed by atoms with Gasteiger partial charge >= 0.3 is 5.97 Å². The largest absolute Gasteiger partial charge is 0.452 e. The second-order valence-electron chi connectivity index (χ2n) is 6.86. The molecular formula is C20H21FN2O4S. The molecule has 1 aliphatic carbocycles. The SMILES string of the molecule is C[C@H](OC(=O)C1(c2ccc(F)cc2)CCCC1)C(=O)Nc1sccc1C(N)=O. The average Bonchev–Trinajstić information content (AvgIpc) is 3.32. The number of thiophene rings is 1. The van der Waals surface area contributed by atoms with Gasteiger partial charge < -0.3 is 15.8 Å². The molecule has 3 N–H and O–H groups in total. The number of benzene rings is 1. The van der Waals surface area contributed by atoms with E-state index in [-0.39, 0.29) is 11.4 Å². The lowest BCUT2D eigenvalue weighted by atomic mass is 9.79. The van der Waals surface area contributed by atoms with Crippen LogP contribution in [0.1, 0.15) is 48.5 Å². The van der Waals surface area contributed by atoms with Gasteiger partial charge in [-0.2, -0.15) is 0 Å². The fraction of sp³-hybridized carbons (Fsp3) is 0.350. The summed E-state index contributed by atoms with van der Waals surface area (Å²) in [5.74, 6) is -2.08. The quantitative estimate of drug-likeness (QED) is 0.721. The van der Waals surface area contributed by atoms with E-state index < -0.39 is 29.3 Å². The van der Waals surface area contributed by atoms with E-state index in [4.69, 9.17) is 10.5 Å². The van der Waals surface area contributed by atoms with Crippen molar-refractivity contribution in [2.24, 2.45) is 5.73 Å². The van der Waals surface area contributed by atoms with Crippen molar-refractivity contribution in [3.63, 3.8) is 0 Å². The number of hydrogen-bond donors (Lipinski definition) is 2. The highest BCUT2D eigenvalue weighted by molar-refractivity contribution is 7.14. The number of primary amides is 1. The number of rotatable bonds is 6. The molecule has 1 aromatic heterocycles. The van der Waals surface area contributed by atoms with E-state index in [1.807, 2.05) is 0 Å². The van der Waals surface area contributed by atoms with E-state index in [2.05, 4.69) is 5.32 Å². The second kappa shape index (κ2) is 8.10. The van der Waals surface area contributed by atoms with Gasteiger partial charge in [-0.05, 0) is 48.9 Å². The Hall–Kier alpha value is -2.74. The number of esters is 1. The fourth-order valence-corrected chi connectivity index (χ4v) is 4.29. The van der Waals surface area contributed by atoms with Crippen molar-refractivity contribution in [2.45, 2.75) is 44.1 Å². The molecule has 2 amide bonds. The van der Waals surface area contributed by atoms with Gasteiger partial charge in [-0.1, -0.05) is 25.0 Å². The van der Waals surface area contributed by atoms with Gasteiger partial charge in [-0.3, -0.25) is 14.4 Å². The maximum absolute atomic E-state index is 13.3. The molecule has 3 rings (SSSR count). The van der Waals surface area contributed by atoms with Crippen molar-refractivity contribution >= 4 is 34.1 Å². The molecule has 1 aliphatic rings. The number of amides is 2. The van der Waals surface area contributed by atoms with Crippen LogP contribution in [0.5, 0.6) is 0 Å². The van der Waals surface area contributed by atoms with Crippen molar-refractivity contribution in [1.29, 1.82) is 0 Å². The molecule has 1 fully saturated rings. The van der Waals surface area contributed by atoms with E-state index in [1.165, 1.54) is 25.1 Å². The summed E-state index contributed by atoms with van der Waals surface area (Å²) in [5.41, 5.74) is 5.30. The van der Waals surface area contributed by atoms with E-state index in [0.29, 0.717) is 23.4 Å². The highest BCUT2D eigenvalue weighted by atomic mass is 32.1. The molecule has 6 nitrogen and oxygen atoms in total. The molecule has 28 heavy (non-hydrogen) atoms. The average molecular weight is 404 g/mol. The van der Waals surface area contributed by atoms with Crippen LogP contribution in [-0.2, 0) is 19.7 Å². The third-order valence-electron chi connectivity index (χ3n) is 5.07. The Morgan fingerprint density at radius 3 is 2.43 bits per heavy atom. The number of carbonyl (C=O) groups excluding carboxylic acids is 3. The molecule has 0 bridgehead atoms. The Labute approximate surface area is 165 Å². The summed E-state index contributed by atoms with van der Waals surface area (Å²) >= 11 is 1.16. The summed E-state index contributed by atoms with van der Waals surface area (Å²) < 4.78 is 18.8. The maximum Gasteiger partial charge on any atom is 0.317 e. The summed E-state index contributed by atoms with van der Waals surface area (Å²) in [6.45, 7) is 1.47. The maximum atomic E-state index is 13.3. The summed E-state index contributed by atoms with van der Waals surface area (Å²) in [4.78, 5) is 36.8. The number of nitrogens with one attached hydrogen (secondary N) is 1. The molecule has 2 aromatic rings. The lowest BCUT2D eigenvalue weighted by Crippen LogP contribution is -2.40. The molecular weight excluding hydrogens is 383 g/mol. The van der Waals surface area contributed by atoms with E-state index >= 15 is 0 Å². The molecule has 148 valence electrons. The lowest BCUT2D eigenvalue weighted by Gasteiger charge is -2.28. The van der Waals surface area contributed by atoms with Crippen LogP contribution in [0.25, 0.3) is 0 Å². The van der Waals surface area contributed by atoms with Gasteiger partial charge in [0.2, 0.25) is 0 Å². The van der Waals surface area contributed by atoms with Crippen molar-refractivity contribution in [1.82, 2.24) is 0 Å². The Kier molecular flexibility index (Phi) is 5.79. The lowest BCUT2D eigenvalue weighted by molar-refractivity contribution is -0.159. The number of hydrogen-bond acceptors (Lipinski definition) is 5. The zero-order valence-corrected chi connectivity index (χ0v) is 16.2. The molecule has 0 radical (unpaired) electrons. The molecule has 1 aromatic carbocycles. The van der Waals surface area contributed by atoms with E-state index in [0.717, 1.165) is 24.2 Å². The Morgan fingerprint density at radius 2 is 1.82 bits per heavy atom. The minimum Gasteiger partial charge on any atom is -0.452 e. The zero-order chi connectivity index (χ0) is 20.3. The van der Waals surface area contributed by atoms with Crippen LogP contribution in [0.15, 0.2) is 35.7 Å². The highest BCUT2D eigenvalue weighted by Gasteiger charge is 2.45. The van der Waals surface area contributed by atoms with Gasteiger partial charge in [-0.15, -0.1) is 11.3 Å². The molecule has 8 heteroatoms.